The Bertz CT molecular complexity index is 331. The third kappa shape index (κ3) is 3.55. The van der Waals surface area contributed by atoms with E-state index in [-0.39, 0.29) is 0 Å². The van der Waals surface area contributed by atoms with Crippen LogP contribution < -0.4 is 4.90 Å². The summed E-state index contributed by atoms with van der Waals surface area (Å²) in [5, 5.41) is 0.733. The predicted octanol–water partition coefficient (Wildman–Crippen LogP) is 3.55. The maximum absolute atomic E-state index is 6.17. The fourth-order valence-corrected chi connectivity index (χ4v) is 2.11. The Hall–Kier alpha value is -0.440. The van der Waals surface area contributed by atoms with Gasteiger partial charge in [-0.05, 0) is 18.6 Å². The van der Waals surface area contributed by atoms with Crippen LogP contribution in [0.4, 0.5) is 5.69 Å². The molecule has 0 spiro atoms. The molecule has 0 unspecified atom stereocenters. The van der Waals surface area contributed by atoms with Gasteiger partial charge in [-0.2, -0.15) is 0 Å². The highest BCUT2D eigenvalue weighted by Crippen LogP contribution is 2.29. The van der Waals surface area contributed by atoms with Crippen LogP contribution in [0.5, 0.6) is 0 Å². The summed E-state index contributed by atoms with van der Waals surface area (Å²) in [6.45, 7) is 4.22. The Morgan fingerprint density at radius 3 is 2.75 bits per heavy atom. The molecular formula is C12H17Cl2NO. The van der Waals surface area contributed by atoms with E-state index in [9.17, 15) is 0 Å². The van der Waals surface area contributed by atoms with Crippen molar-refractivity contribution in [1.82, 2.24) is 0 Å². The Kier molecular flexibility index (Phi) is 5.96. The molecule has 0 fully saturated rings. The molecule has 16 heavy (non-hydrogen) atoms. The van der Waals surface area contributed by atoms with E-state index in [1.807, 2.05) is 32.2 Å². The molecule has 0 saturated heterocycles. The van der Waals surface area contributed by atoms with Crippen LogP contribution in [0.15, 0.2) is 18.2 Å². The highest BCUT2D eigenvalue weighted by atomic mass is 35.5. The molecule has 0 N–H and O–H groups in total. The lowest BCUT2D eigenvalue weighted by Gasteiger charge is -2.23. The average molecular weight is 262 g/mol. The van der Waals surface area contributed by atoms with Crippen LogP contribution in [-0.2, 0) is 10.6 Å². The van der Waals surface area contributed by atoms with Crippen LogP contribution in [0.1, 0.15) is 12.5 Å². The highest BCUT2D eigenvalue weighted by molar-refractivity contribution is 6.33. The van der Waals surface area contributed by atoms with Crippen molar-refractivity contribution in [1.29, 1.82) is 0 Å². The molecule has 1 aromatic rings. The highest BCUT2D eigenvalue weighted by Gasteiger charge is 2.10. The van der Waals surface area contributed by atoms with Crippen LogP contribution in [0, 0.1) is 0 Å². The number of benzene rings is 1. The average Bonchev–Trinajstić information content (AvgIpc) is 2.28. The van der Waals surface area contributed by atoms with Gasteiger partial charge in [-0.1, -0.05) is 23.7 Å². The minimum Gasteiger partial charge on any atom is -0.380 e. The van der Waals surface area contributed by atoms with E-state index >= 15 is 0 Å². The summed E-state index contributed by atoms with van der Waals surface area (Å²) in [6.07, 6.45) is 0. The van der Waals surface area contributed by atoms with Gasteiger partial charge in [-0.3, -0.25) is 0 Å². The lowest BCUT2D eigenvalue weighted by Crippen LogP contribution is -2.23. The minimum atomic E-state index is 0.467. The SMILES string of the molecule is CCOCCN(C)c1c(Cl)cccc1CCl. The first-order chi connectivity index (χ1) is 7.70. The smallest absolute Gasteiger partial charge is 0.0642 e. The van der Waals surface area contributed by atoms with Crippen molar-refractivity contribution in [3.63, 3.8) is 0 Å². The molecule has 90 valence electrons. The van der Waals surface area contributed by atoms with Crippen molar-refractivity contribution in [3.8, 4) is 0 Å². The summed E-state index contributed by atoms with van der Waals surface area (Å²) in [5.74, 6) is 0.467. The van der Waals surface area contributed by atoms with Crippen molar-refractivity contribution < 1.29 is 4.74 Å². The van der Waals surface area contributed by atoms with Gasteiger partial charge in [0.05, 0.1) is 17.3 Å². The van der Waals surface area contributed by atoms with Gasteiger partial charge >= 0.3 is 0 Å². The molecule has 2 nitrogen and oxygen atoms in total. The fraction of sp³-hybridized carbons (Fsp3) is 0.500. The topological polar surface area (TPSA) is 12.5 Å². The van der Waals surface area contributed by atoms with Gasteiger partial charge in [0.1, 0.15) is 0 Å². The normalized spacial score (nSPS) is 10.5. The summed E-state index contributed by atoms with van der Waals surface area (Å²) < 4.78 is 5.32. The van der Waals surface area contributed by atoms with E-state index in [4.69, 9.17) is 27.9 Å². The molecule has 0 radical (unpaired) electrons. The third-order valence-corrected chi connectivity index (χ3v) is 2.96. The summed E-state index contributed by atoms with van der Waals surface area (Å²) in [6, 6.07) is 5.79. The van der Waals surface area contributed by atoms with Crippen molar-refractivity contribution in [3.05, 3.63) is 28.8 Å². The van der Waals surface area contributed by atoms with Crippen molar-refractivity contribution in [2.24, 2.45) is 0 Å². The standard InChI is InChI=1S/C12H17Cl2NO/c1-3-16-8-7-15(2)12-10(9-13)5-4-6-11(12)14/h4-6H,3,7-9H2,1-2H3. The molecule has 0 heterocycles. The molecule has 0 bridgehead atoms. The monoisotopic (exact) mass is 261 g/mol. The summed E-state index contributed by atoms with van der Waals surface area (Å²) in [7, 11) is 2.00. The molecule has 0 aliphatic carbocycles. The molecule has 0 aliphatic rings. The van der Waals surface area contributed by atoms with Crippen molar-refractivity contribution >= 4 is 28.9 Å². The van der Waals surface area contributed by atoms with E-state index in [0.29, 0.717) is 12.5 Å². The summed E-state index contributed by atoms with van der Waals surface area (Å²) >= 11 is 12.1. The Morgan fingerprint density at radius 1 is 1.38 bits per heavy atom. The van der Waals surface area contributed by atoms with E-state index in [2.05, 4.69) is 4.90 Å². The van der Waals surface area contributed by atoms with E-state index < -0.39 is 0 Å². The number of alkyl halides is 1. The molecule has 1 rings (SSSR count). The number of ether oxygens (including phenoxy) is 1. The minimum absolute atomic E-state index is 0.467. The quantitative estimate of drug-likeness (QED) is 0.574. The van der Waals surface area contributed by atoms with Crippen LogP contribution in [-0.4, -0.2) is 26.8 Å². The number of para-hydroxylation sites is 1. The second-order valence-corrected chi connectivity index (χ2v) is 4.17. The summed E-state index contributed by atoms with van der Waals surface area (Å²) in [4.78, 5) is 2.08. The molecular weight excluding hydrogens is 245 g/mol. The maximum Gasteiger partial charge on any atom is 0.0642 e. The lowest BCUT2D eigenvalue weighted by molar-refractivity contribution is 0.154. The molecule has 0 aromatic heterocycles. The zero-order valence-corrected chi connectivity index (χ0v) is 11.2. The third-order valence-electron chi connectivity index (χ3n) is 2.37. The van der Waals surface area contributed by atoms with Gasteiger partial charge in [0, 0.05) is 26.1 Å². The number of nitrogens with zero attached hydrogens (tertiary/aromatic N) is 1. The predicted molar refractivity (Wildman–Crippen MR) is 70.8 cm³/mol. The van der Waals surface area contributed by atoms with Crippen molar-refractivity contribution in [2.45, 2.75) is 12.8 Å². The van der Waals surface area contributed by atoms with E-state index in [1.54, 1.807) is 0 Å². The Morgan fingerprint density at radius 2 is 2.12 bits per heavy atom. The molecule has 0 aliphatic heterocycles. The number of hydrogen-bond acceptors (Lipinski definition) is 2. The second kappa shape index (κ2) is 7.00. The van der Waals surface area contributed by atoms with Crippen LogP contribution in [0.25, 0.3) is 0 Å². The number of likely N-dealkylation sites (N-methyl/N-ethyl adjacent to an activating group) is 1. The first kappa shape index (κ1) is 13.6. The van der Waals surface area contributed by atoms with E-state index in [0.717, 1.165) is 29.4 Å². The van der Waals surface area contributed by atoms with Crippen LogP contribution in [0.3, 0.4) is 0 Å². The van der Waals surface area contributed by atoms with E-state index in [1.165, 1.54) is 0 Å². The Labute approximate surface area is 107 Å². The molecule has 1 aromatic carbocycles. The number of halogens is 2. The second-order valence-electron chi connectivity index (χ2n) is 3.50. The van der Waals surface area contributed by atoms with Gasteiger partial charge in [-0.15, -0.1) is 11.6 Å². The molecule has 0 amide bonds. The number of rotatable bonds is 6. The molecule has 4 heteroatoms. The van der Waals surface area contributed by atoms with Gasteiger partial charge in [0.2, 0.25) is 0 Å². The first-order valence-corrected chi connectivity index (χ1v) is 6.24. The van der Waals surface area contributed by atoms with Gasteiger partial charge in [0.25, 0.3) is 0 Å². The lowest BCUT2D eigenvalue weighted by atomic mass is 10.2. The number of anilines is 1. The zero-order chi connectivity index (χ0) is 12.0. The van der Waals surface area contributed by atoms with Gasteiger partial charge < -0.3 is 9.64 Å². The summed E-state index contributed by atoms with van der Waals surface area (Å²) in [5.41, 5.74) is 2.05. The maximum atomic E-state index is 6.17. The largest absolute Gasteiger partial charge is 0.380 e. The van der Waals surface area contributed by atoms with Crippen LogP contribution >= 0.6 is 23.2 Å². The molecule has 0 saturated carbocycles. The fourth-order valence-electron chi connectivity index (χ4n) is 1.55. The van der Waals surface area contributed by atoms with Gasteiger partial charge in [0.15, 0.2) is 0 Å². The number of hydrogen-bond donors (Lipinski definition) is 0. The zero-order valence-electron chi connectivity index (χ0n) is 9.67. The van der Waals surface area contributed by atoms with Gasteiger partial charge in [-0.25, -0.2) is 0 Å². The first-order valence-electron chi connectivity index (χ1n) is 5.33. The molecule has 0 atom stereocenters. The Balaban J connectivity index is 2.76. The van der Waals surface area contributed by atoms with Crippen molar-refractivity contribution in [2.75, 3.05) is 31.7 Å². The van der Waals surface area contributed by atoms with Crippen LogP contribution in [0.2, 0.25) is 5.02 Å².